The predicted molar refractivity (Wildman–Crippen MR) is 79.2 cm³/mol. The molecule has 0 radical (unpaired) electrons. The lowest BCUT2D eigenvalue weighted by molar-refractivity contribution is -0.137. The minimum Gasteiger partial charge on any atom is -0.481 e. The maximum Gasteiger partial charge on any atom is 0.304 e. The Bertz CT molecular complexity index is 551. The maximum atomic E-state index is 13.7. The highest BCUT2D eigenvalue weighted by Crippen LogP contribution is 2.28. The fraction of sp³-hybridized carbons (Fsp3) is 0.429. The number of hydrogen-bond acceptors (Lipinski definition) is 3. The van der Waals surface area contributed by atoms with Crippen LogP contribution in [0.5, 0.6) is 0 Å². The van der Waals surface area contributed by atoms with Gasteiger partial charge in [0.1, 0.15) is 17.3 Å². The monoisotopic (exact) mass is 334 g/mol. The third-order valence-corrected chi connectivity index (χ3v) is 3.60. The van der Waals surface area contributed by atoms with E-state index in [9.17, 15) is 18.4 Å². The fourth-order valence-electron chi connectivity index (χ4n) is 2.47. The van der Waals surface area contributed by atoms with Crippen molar-refractivity contribution in [2.75, 3.05) is 25.0 Å². The van der Waals surface area contributed by atoms with Crippen molar-refractivity contribution < 1.29 is 23.5 Å². The molecule has 1 aromatic rings. The number of aliphatic carboxylic acids is 1. The summed E-state index contributed by atoms with van der Waals surface area (Å²) in [5.41, 5.74) is -0.336. The highest BCUT2D eigenvalue weighted by molar-refractivity contribution is 5.99. The molecule has 0 aliphatic carbocycles. The Hall–Kier alpha value is -1.73. The molecule has 1 aromatic carbocycles. The average Bonchev–Trinajstić information content (AvgIpc) is 2.78. The summed E-state index contributed by atoms with van der Waals surface area (Å²) < 4.78 is 27.5. The summed E-state index contributed by atoms with van der Waals surface area (Å²) in [6.07, 6.45) is 0.317. The van der Waals surface area contributed by atoms with Gasteiger partial charge in [-0.05, 0) is 25.6 Å². The zero-order valence-electron chi connectivity index (χ0n) is 12.0. The molecule has 5 nitrogen and oxygen atoms in total. The van der Waals surface area contributed by atoms with Gasteiger partial charge in [0.2, 0.25) is 5.91 Å². The van der Waals surface area contributed by atoms with Crippen LogP contribution in [0.3, 0.4) is 0 Å². The summed E-state index contributed by atoms with van der Waals surface area (Å²) in [7, 11) is 1.63. The number of halogens is 3. The number of anilines is 1. The molecular formula is C14H17ClF2N2O3. The summed E-state index contributed by atoms with van der Waals surface area (Å²) in [5, 5.41) is 8.65. The van der Waals surface area contributed by atoms with Crippen LogP contribution in [-0.4, -0.2) is 48.1 Å². The topological polar surface area (TPSA) is 60.9 Å². The van der Waals surface area contributed by atoms with Gasteiger partial charge in [-0.25, -0.2) is 8.78 Å². The lowest BCUT2D eigenvalue weighted by Crippen LogP contribution is -2.41. The first-order valence-electron chi connectivity index (χ1n) is 6.59. The van der Waals surface area contributed by atoms with Gasteiger partial charge in [0, 0.05) is 13.1 Å². The first-order chi connectivity index (χ1) is 9.91. The Balaban J connectivity index is 0.00000242. The number of para-hydroxylation sites is 1. The molecule has 8 heteroatoms. The van der Waals surface area contributed by atoms with Crippen LogP contribution < -0.4 is 4.90 Å². The molecule has 1 aliphatic rings. The Morgan fingerprint density at radius 3 is 2.55 bits per heavy atom. The number of likely N-dealkylation sites (N-methyl/N-ethyl adjacent to an activating group) is 1. The van der Waals surface area contributed by atoms with Gasteiger partial charge in [-0.15, -0.1) is 12.4 Å². The van der Waals surface area contributed by atoms with E-state index in [0.29, 0.717) is 6.42 Å². The quantitative estimate of drug-likeness (QED) is 0.893. The van der Waals surface area contributed by atoms with E-state index in [-0.39, 0.29) is 37.6 Å². The number of carbonyl (C=O) groups is 2. The molecule has 2 rings (SSSR count). The molecule has 1 saturated heterocycles. The van der Waals surface area contributed by atoms with Crippen LogP contribution in [0, 0.1) is 11.6 Å². The van der Waals surface area contributed by atoms with Gasteiger partial charge < -0.3 is 10.0 Å². The number of carboxylic acid groups (broad SMARTS) is 1. The van der Waals surface area contributed by atoms with Crippen molar-refractivity contribution in [2.24, 2.45) is 0 Å². The van der Waals surface area contributed by atoms with Gasteiger partial charge in [0.25, 0.3) is 0 Å². The molecule has 1 unspecified atom stereocenters. The van der Waals surface area contributed by atoms with Crippen molar-refractivity contribution >= 4 is 30.0 Å². The van der Waals surface area contributed by atoms with E-state index in [4.69, 9.17) is 5.11 Å². The molecule has 1 atom stereocenters. The summed E-state index contributed by atoms with van der Waals surface area (Å²) in [5.74, 6) is -2.93. The van der Waals surface area contributed by atoms with Crippen molar-refractivity contribution in [3.8, 4) is 0 Å². The van der Waals surface area contributed by atoms with Crippen LogP contribution in [0.4, 0.5) is 14.5 Å². The smallest absolute Gasteiger partial charge is 0.304 e. The molecule has 0 spiro atoms. The van der Waals surface area contributed by atoms with Crippen molar-refractivity contribution in [2.45, 2.75) is 18.9 Å². The van der Waals surface area contributed by atoms with E-state index in [2.05, 4.69) is 0 Å². The van der Waals surface area contributed by atoms with Gasteiger partial charge >= 0.3 is 5.97 Å². The van der Waals surface area contributed by atoms with E-state index in [1.54, 1.807) is 11.9 Å². The Morgan fingerprint density at radius 2 is 2.00 bits per heavy atom. The fourth-order valence-corrected chi connectivity index (χ4v) is 2.47. The first-order valence-corrected chi connectivity index (χ1v) is 6.59. The minimum atomic E-state index is -0.954. The molecular weight excluding hydrogens is 318 g/mol. The van der Waals surface area contributed by atoms with Crippen LogP contribution in [0.25, 0.3) is 0 Å². The van der Waals surface area contributed by atoms with Crippen LogP contribution >= 0.6 is 12.4 Å². The molecule has 1 N–H and O–H groups in total. The second-order valence-electron chi connectivity index (χ2n) is 4.99. The number of nitrogens with zero attached hydrogens (tertiary/aromatic N) is 2. The second kappa shape index (κ2) is 7.51. The third kappa shape index (κ3) is 3.72. The van der Waals surface area contributed by atoms with E-state index in [1.165, 1.54) is 6.07 Å². The third-order valence-electron chi connectivity index (χ3n) is 3.60. The van der Waals surface area contributed by atoms with Crippen molar-refractivity contribution in [1.29, 1.82) is 0 Å². The lowest BCUT2D eigenvalue weighted by Gasteiger charge is -2.23. The number of carboxylic acids is 1. The molecule has 0 saturated carbocycles. The van der Waals surface area contributed by atoms with E-state index in [1.807, 2.05) is 0 Å². The van der Waals surface area contributed by atoms with Gasteiger partial charge in [-0.3, -0.25) is 14.5 Å². The van der Waals surface area contributed by atoms with Gasteiger partial charge in [0.15, 0.2) is 0 Å². The second-order valence-corrected chi connectivity index (χ2v) is 4.99. The summed E-state index contributed by atoms with van der Waals surface area (Å²) >= 11 is 0. The lowest BCUT2D eigenvalue weighted by atomic mass is 10.2. The number of hydrogen-bond donors (Lipinski definition) is 1. The average molecular weight is 335 g/mol. The van der Waals surface area contributed by atoms with Gasteiger partial charge in [0.05, 0.1) is 12.5 Å². The molecule has 1 fully saturated rings. The van der Waals surface area contributed by atoms with E-state index in [0.717, 1.165) is 17.0 Å². The van der Waals surface area contributed by atoms with E-state index < -0.39 is 29.6 Å². The normalized spacial score (nSPS) is 17.7. The van der Waals surface area contributed by atoms with E-state index >= 15 is 0 Å². The summed E-state index contributed by atoms with van der Waals surface area (Å²) in [6, 6.07) is 2.90. The molecule has 22 heavy (non-hydrogen) atoms. The number of amides is 1. The highest BCUT2D eigenvalue weighted by atomic mass is 35.5. The number of rotatable bonds is 5. The molecule has 0 bridgehead atoms. The summed E-state index contributed by atoms with van der Waals surface area (Å²) in [4.78, 5) is 25.6. The Morgan fingerprint density at radius 1 is 1.41 bits per heavy atom. The van der Waals surface area contributed by atoms with Crippen LogP contribution in [-0.2, 0) is 9.59 Å². The van der Waals surface area contributed by atoms with Gasteiger partial charge in [-0.2, -0.15) is 0 Å². The van der Waals surface area contributed by atoms with Crippen LogP contribution in [0.15, 0.2) is 18.2 Å². The highest BCUT2D eigenvalue weighted by Gasteiger charge is 2.37. The predicted octanol–water partition coefficient (Wildman–Crippen LogP) is 1.90. The molecule has 0 aromatic heterocycles. The molecule has 1 amide bonds. The molecule has 122 valence electrons. The van der Waals surface area contributed by atoms with Crippen molar-refractivity contribution in [3.05, 3.63) is 29.8 Å². The Kier molecular flexibility index (Phi) is 6.25. The SMILES string of the molecule is CN(CCC(=O)O)C1CCN(c2c(F)cccc2F)C1=O.Cl. The molecule has 1 aliphatic heterocycles. The number of benzene rings is 1. The number of carbonyl (C=O) groups excluding carboxylic acids is 1. The zero-order valence-corrected chi connectivity index (χ0v) is 12.8. The van der Waals surface area contributed by atoms with Crippen molar-refractivity contribution in [3.63, 3.8) is 0 Å². The molecule has 1 heterocycles. The summed E-state index contributed by atoms with van der Waals surface area (Å²) in [6.45, 7) is 0.415. The first kappa shape index (κ1) is 18.3. The van der Waals surface area contributed by atoms with Crippen molar-refractivity contribution in [1.82, 2.24) is 4.90 Å². The largest absolute Gasteiger partial charge is 0.481 e. The maximum absolute atomic E-state index is 13.7. The standard InChI is InChI=1S/C14H16F2N2O3.ClH/c1-17(7-6-12(19)20)11-5-8-18(14(11)21)13-9(15)3-2-4-10(13)16;/h2-4,11H,5-8H2,1H3,(H,19,20);1H. The minimum absolute atomic E-state index is 0. The Labute approximate surface area is 132 Å². The van der Waals surface area contributed by atoms with Crippen LogP contribution in [0.1, 0.15) is 12.8 Å². The van der Waals surface area contributed by atoms with Crippen LogP contribution in [0.2, 0.25) is 0 Å². The van der Waals surface area contributed by atoms with Gasteiger partial charge in [-0.1, -0.05) is 6.07 Å². The zero-order chi connectivity index (χ0) is 15.6.